The Morgan fingerprint density at radius 2 is 0.694 bits per heavy atom. The molecule has 0 bridgehead atoms. The maximum Gasteiger partial charge on any atom is 0.220 e. The highest BCUT2D eigenvalue weighted by atomic mass is 16.7. The van der Waals surface area contributed by atoms with Gasteiger partial charge in [-0.1, -0.05) is 322 Å². The Morgan fingerprint density at radius 3 is 0.986 bits per heavy atom. The molecule has 72 heavy (non-hydrogen) atoms. The van der Waals surface area contributed by atoms with Crippen LogP contribution in [0, 0.1) is 0 Å². The number of nitrogens with one attached hydrogen (secondary N) is 1. The lowest BCUT2D eigenvalue weighted by molar-refractivity contribution is -0.302. The molecule has 0 aromatic carbocycles. The Hall–Kier alpha value is -0.810. The van der Waals surface area contributed by atoms with Crippen LogP contribution in [-0.4, -0.2) is 87.5 Å². The maximum absolute atomic E-state index is 13.1. The van der Waals surface area contributed by atoms with Crippen LogP contribution in [0.1, 0.15) is 341 Å². The molecule has 430 valence electrons. The van der Waals surface area contributed by atoms with Crippen molar-refractivity contribution in [1.29, 1.82) is 0 Å². The molecule has 6 N–H and O–H groups in total. The summed E-state index contributed by atoms with van der Waals surface area (Å²) in [5.74, 6) is -0.135. The van der Waals surface area contributed by atoms with Crippen LogP contribution in [0.5, 0.6) is 0 Å². The molecule has 0 radical (unpaired) electrons. The Labute approximate surface area is 446 Å². The van der Waals surface area contributed by atoms with E-state index in [0.717, 1.165) is 38.5 Å². The first kappa shape index (κ1) is 69.2. The summed E-state index contributed by atoms with van der Waals surface area (Å²) in [6, 6.07) is -0.713. The van der Waals surface area contributed by atoms with E-state index in [-0.39, 0.29) is 12.5 Å². The Kier molecular flexibility index (Phi) is 51.5. The third-order valence-electron chi connectivity index (χ3n) is 16.0. The molecule has 1 saturated heterocycles. The van der Waals surface area contributed by atoms with Gasteiger partial charge in [-0.25, -0.2) is 0 Å². The lowest BCUT2D eigenvalue weighted by atomic mass is 9.99. The number of aliphatic hydroxyl groups excluding tert-OH is 5. The average molecular weight is 1020 g/mol. The van der Waals surface area contributed by atoms with Gasteiger partial charge in [0.2, 0.25) is 5.91 Å². The van der Waals surface area contributed by atoms with E-state index in [0.29, 0.717) is 12.8 Å². The number of rotatable bonds is 57. The van der Waals surface area contributed by atoms with E-state index in [1.165, 1.54) is 276 Å². The number of hydrogen-bond acceptors (Lipinski definition) is 8. The highest BCUT2D eigenvalue weighted by Gasteiger charge is 2.44. The SMILES string of the molecule is CCCCCCCCCCCCCCCCCCCCCCCCCCCCCCCCCCCC(=O)N[C@@H](CO[C@@H]1O[C@H](CO)[C@H](O)C(O)C1O)[C@H](O)CCCCCCCCCCCCCCCCCC. The van der Waals surface area contributed by atoms with Gasteiger partial charge in [-0.2, -0.15) is 0 Å². The molecule has 0 aliphatic carbocycles. The first-order valence-corrected chi connectivity index (χ1v) is 32.2. The number of carbonyl (C=O) groups is 1. The van der Waals surface area contributed by atoms with E-state index in [9.17, 15) is 30.3 Å². The van der Waals surface area contributed by atoms with Gasteiger partial charge in [0.15, 0.2) is 6.29 Å². The fourth-order valence-electron chi connectivity index (χ4n) is 10.9. The molecule has 9 nitrogen and oxygen atoms in total. The number of hydrogen-bond donors (Lipinski definition) is 6. The molecule has 0 aromatic rings. The number of carbonyl (C=O) groups excluding carboxylic acids is 1. The number of aliphatic hydroxyl groups is 5. The van der Waals surface area contributed by atoms with E-state index in [2.05, 4.69) is 19.2 Å². The first-order valence-electron chi connectivity index (χ1n) is 32.2. The topological polar surface area (TPSA) is 149 Å². The summed E-state index contributed by atoms with van der Waals surface area (Å²) in [5.41, 5.74) is 0. The van der Waals surface area contributed by atoms with Crippen molar-refractivity contribution in [3.8, 4) is 0 Å². The van der Waals surface area contributed by atoms with Crippen LogP contribution in [0.3, 0.4) is 0 Å². The minimum absolute atomic E-state index is 0.131. The molecule has 1 fully saturated rings. The molecule has 1 rings (SSSR count). The van der Waals surface area contributed by atoms with E-state index in [4.69, 9.17) is 9.47 Å². The average Bonchev–Trinajstić information content (AvgIpc) is 3.38. The van der Waals surface area contributed by atoms with Crippen LogP contribution in [0.15, 0.2) is 0 Å². The molecule has 0 aromatic heterocycles. The number of unbranched alkanes of at least 4 members (excludes halogenated alkanes) is 47. The molecular weight excluding hydrogens is 899 g/mol. The lowest BCUT2D eigenvalue weighted by Gasteiger charge is -2.40. The summed E-state index contributed by atoms with van der Waals surface area (Å²) in [7, 11) is 0. The van der Waals surface area contributed by atoms with Gasteiger partial charge in [-0.3, -0.25) is 4.79 Å². The zero-order valence-electron chi connectivity index (χ0n) is 48.0. The van der Waals surface area contributed by atoms with Gasteiger partial charge in [-0.05, 0) is 12.8 Å². The number of ether oxygens (including phenoxy) is 2. The van der Waals surface area contributed by atoms with Gasteiger partial charge in [-0.15, -0.1) is 0 Å². The van der Waals surface area contributed by atoms with Crippen LogP contribution in [0.2, 0.25) is 0 Å². The fourth-order valence-corrected chi connectivity index (χ4v) is 10.9. The predicted molar refractivity (Wildman–Crippen MR) is 304 cm³/mol. The van der Waals surface area contributed by atoms with Crippen molar-refractivity contribution >= 4 is 5.91 Å². The van der Waals surface area contributed by atoms with Crippen molar-refractivity contribution in [3.63, 3.8) is 0 Å². The monoisotopic (exact) mass is 1020 g/mol. The molecule has 1 aliphatic heterocycles. The highest BCUT2D eigenvalue weighted by molar-refractivity contribution is 5.76. The quantitative estimate of drug-likeness (QED) is 0.0330. The largest absolute Gasteiger partial charge is 0.394 e. The Bertz CT molecular complexity index is 1100. The first-order chi connectivity index (χ1) is 35.3. The summed E-state index contributed by atoms with van der Waals surface area (Å²) in [5, 5.41) is 54.7. The van der Waals surface area contributed by atoms with Crippen LogP contribution in [-0.2, 0) is 14.3 Å². The van der Waals surface area contributed by atoms with E-state index < -0.39 is 49.5 Å². The highest BCUT2D eigenvalue weighted by Crippen LogP contribution is 2.24. The summed E-state index contributed by atoms with van der Waals surface area (Å²) < 4.78 is 11.3. The second-order valence-corrected chi connectivity index (χ2v) is 22.9. The molecule has 1 heterocycles. The van der Waals surface area contributed by atoms with Crippen LogP contribution in [0.4, 0.5) is 0 Å². The Morgan fingerprint density at radius 1 is 0.417 bits per heavy atom. The molecule has 1 aliphatic rings. The second-order valence-electron chi connectivity index (χ2n) is 22.9. The van der Waals surface area contributed by atoms with Crippen molar-refractivity contribution in [1.82, 2.24) is 5.32 Å². The van der Waals surface area contributed by atoms with Gasteiger partial charge >= 0.3 is 0 Å². The molecule has 0 saturated carbocycles. The Balaban J connectivity index is 2.07. The molecule has 1 amide bonds. The van der Waals surface area contributed by atoms with Gasteiger partial charge in [0, 0.05) is 6.42 Å². The van der Waals surface area contributed by atoms with E-state index >= 15 is 0 Å². The van der Waals surface area contributed by atoms with Crippen molar-refractivity contribution in [2.45, 2.75) is 384 Å². The van der Waals surface area contributed by atoms with Crippen molar-refractivity contribution in [2.75, 3.05) is 13.2 Å². The minimum Gasteiger partial charge on any atom is -0.394 e. The van der Waals surface area contributed by atoms with E-state index in [1.54, 1.807) is 0 Å². The zero-order valence-corrected chi connectivity index (χ0v) is 48.0. The van der Waals surface area contributed by atoms with Gasteiger partial charge < -0.3 is 40.3 Å². The summed E-state index contributed by atoms with van der Waals surface area (Å²) in [6.07, 6.45) is 58.8. The van der Waals surface area contributed by atoms with Crippen LogP contribution in [0.25, 0.3) is 0 Å². The van der Waals surface area contributed by atoms with Crippen LogP contribution < -0.4 is 5.32 Å². The smallest absolute Gasteiger partial charge is 0.220 e. The third-order valence-corrected chi connectivity index (χ3v) is 16.0. The predicted octanol–water partition coefficient (Wildman–Crippen LogP) is 16.6. The van der Waals surface area contributed by atoms with Crippen molar-refractivity contribution in [3.05, 3.63) is 0 Å². The zero-order chi connectivity index (χ0) is 52.2. The fraction of sp³-hybridized carbons (Fsp3) is 0.984. The summed E-state index contributed by atoms with van der Waals surface area (Å²) in [4.78, 5) is 13.1. The standard InChI is InChI=1S/C63H125NO8/c1-3-5-7-9-11-13-15-17-19-21-22-23-24-25-26-27-28-29-30-31-32-33-34-35-36-37-39-41-43-45-47-49-51-53-59(67)64-56(55-71-63-62(70)61(69)60(68)58(54-65)72-63)57(66)52-50-48-46-44-42-40-38-20-18-16-14-12-10-8-6-4-2/h56-58,60-63,65-66,68-70H,3-55H2,1-2H3,(H,64,67)/t56-,57+,58+,60-,61?,62?,63+/m0/s1. The summed E-state index contributed by atoms with van der Waals surface area (Å²) >= 11 is 0. The van der Waals surface area contributed by atoms with Gasteiger partial charge in [0.05, 0.1) is 25.4 Å². The molecular formula is C63H125NO8. The molecule has 9 heteroatoms. The lowest BCUT2D eigenvalue weighted by Crippen LogP contribution is -2.60. The molecule has 7 atom stereocenters. The van der Waals surface area contributed by atoms with Crippen molar-refractivity contribution < 1.29 is 39.8 Å². The van der Waals surface area contributed by atoms with E-state index in [1.807, 2.05) is 0 Å². The van der Waals surface area contributed by atoms with Crippen LogP contribution >= 0.6 is 0 Å². The van der Waals surface area contributed by atoms with Gasteiger partial charge in [0.25, 0.3) is 0 Å². The third kappa shape index (κ3) is 42.3. The minimum atomic E-state index is -1.55. The normalized spacial score (nSPS) is 19.0. The maximum atomic E-state index is 13.1. The number of amides is 1. The molecule has 2 unspecified atom stereocenters. The van der Waals surface area contributed by atoms with Crippen molar-refractivity contribution in [2.24, 2.45) is 0 Å². The second kappa shape index (κ2) is 53.6. The summed E-state index contributed by atoms with van der Waals surface area (Å²) in [6.45, 7) is 3.89. The van der Waals surface area contributed by atoms with Gasteiger partial charge in [0.1, 0.15) is 24.4 Å². The molecule has 0 spiro atoms.